The number of ether oxygens (including phenoxy) is 1. The average molecular weight is 464 g/mol. The summed E-state index contributed by atoms with van der Waals surface area (Å²) < 4.78 is 12.4. The van der Waals surface area contributed by atoms with Gasteiger partial charge in [0.1, 0.15) is 17.8 Å². The lowest BCUT2D eigenvalue weighted by atomic mass is 10.2. The number of hydrogen-bond donors (Lipinski definition) is 2. The Morgan fingerprint density at radius 2 is 1.94 bits per heavy atom. The smallest absolute Gasteiger partial charge is 0.266 e. The number of benzene rings is 1. The maximum atomic E-state index is 6.08. The molecule has 5 rings (SSSR count). The third-order valence-electron chi connectivity index (χ3n) is 5.75. The van der Waals surface area contributed by atoms with Crippen molar-refractivity contribution in [1.29, 1.82) is 0 Å². The second-order valence-corrected chi connectivity index (χ2v) is 8.14. The Morgan fingerprint density at radius 1 is 1.12 bits per heavy atom. The van der Waals surface area contributed by atoms with Gasteiger partial charge in [-0.15, -0.1) is 5.10 Å². The molecule has 0 unspecified atom stereocenters. The van der Waals surface area contributed by atoms with Crippen LogP contribution in [0.15, 0.2) is 47.2 Å². The van der Waals surface area contributed by atoms with Gasteiger partial charge in [0.15, 0.2) is 5.65 Å². The van der Waals surface area contributed by atoms with Crippen LogP contribution < -0.4 is 20.7 Å². The summed E-state index contributed by atoms with van der Waals surface area (Å²) in [5.74, 6) is 2.57. The molecule has 3 aromatic heterocycles. The summed E-state index contributed by atoms with van der Waals surface area (Å²) in [6.45, 7) is 8.55. The lowest BCUT2D eigenvalue weighted by molar-refractivity contribution is 0.267. The van der Waals surface area contributed by atoms with Crippen molar-refractivity contribution in [3.05, 3.63) is 42.8 Å². The van der Waals surface area contributed by atoms with Crippen molar-refractivity contribution in [2.24, 2.45) is 0 Å². The van der Waals surface area contributed by atoms with E-state index >= 15 is 0 Å². The molecular formula is C23H29N9O2. The number of nitrogen functional groups attached to an aromatic ring is 1. The van der Waals surface area contributed by atoms with Crippen LogP contribution in [0, 0.1) is 0 Å². The van der Waals surface area contributed by atoms with E-state index in [0.717, 1.165) is 58.0 Å². The van der Waals surface area contributed by atoms with Crippen molar-refractivity contribution in [1.82, 2.24) is 29.5 Å². The summed E-state index contributed by atoms with van der Waals surface area (Å²) >= 11 is 0. The first-order valence-electron chi connectivity index (χ1n) is 11.6. The summed E-state index contributed by atoms with van der Waals surface area (Å²) in [5, 5.41) is 7.67. The number of hydrogen-bond acceptors (Lipinski definition) is 10. The van der Waals surface area contributed by atoms with Crippen molar-refractivity contribution >= 4 is 23.1 Å². The van der Waals surface area contributed by atoms with Crippen LogP contribution in [0.1, 0.15) is 13.3 Å². The molecule has 0 radical (unpaired) electrons. The Bertz CT molecular complexity index is 1200. The van der Waals surface area contributed by atoms with E-state index in [1.54, 1.807) is 6.20 Å². The number of nitrogens with one attached hydrogen (secondary N) is 1. The number of anilines is 3. The van der Waals surface area contributed by atoms with E-state index < -0.39 is 0 Å². The zero-order valence-electron chi connectivity index (χ0n) is 19.2. The molecule has 34 heavy (non-hydrogen) atoms. The fraction of sp³-hybridized carbons (Fsp3) is 0.391. The Morgan fingerprint density at radius 3 is 2.68 bits per heavy atom. The number of nitrogens with two attached hydrogens (primary N) is 1. The van der Waals surface area contributed by atoms with E-state index in [9.17, 15) is 0 Å². The first-order valence-corrected chi connectivity index (χ1v) is 11.6. The molecule has 1 saturated heterocycles. The molecule has 178 valence electrons. The molecular weight excluding hydrogens is 434 g/mol. The molecule has 0 saturated carbocycles. The molecule has 0 aliphatic carbocycles. The van der Waals surface area contributed by atoms with Crippen molar-refractivity contribution in [3.63, 3.8) is 0 Å². The van der Waals surface area contributed by atoms with Crippen LogP contribution in [-0.2, 0) is 0 Å². The number of piperazine rings is 1. The highest BCUT2D eigenvalue weighted by molar-refractivity contribution is 5.57. The summed E-state index contributed by atoms with van der Waals surface area (Å²) in [7, 11) is 0. The Balaban J connectivity index is 1.11. The predicted octanol–water partition coefficient (Wildman–Crippen LogP) is 2.38. The van der Waals surface area contributed by atoms with Gasteiger partial charge in [-0.3, -0.25) is 4.90 Å². The zero-order valence-corrected chi connectivity index (χ0v) is 19.2. The van der Waals surface area contributed by atoms with Gasteiger partial charge in [-0.1, -0.05) is 6.92 Å². The molecule has 1 aliphatic rings. The van der Waals surface area contributed by atoms with E-state index in [1.807, 2.05) is 6.07 Å². The number of nitrogens with zero attached hydrogens (tertiary/aromatic N) is 7. The summed E-state index contributed by atoms with van der Waals surface area (Å²) in [6.07, 6.45) is 4.05. The SMILES string of the molecule is CCCOc1ccc(N2CCN(CCNc3cc4nc(-c5ncco5)nn4c(N)n3)CC2)cc1. The minimum atomic E-state index is 0.255. The monoisotopic (exact) mass is 463 g/mol. The van der Waals surface area contributed by atoms with Crippen LogP contribution in [0.2, 0.25) is 0 Å². The standard InChI is InChI=1S/C23H29N9O2/c1-2-14-33-18-5-3-17(4-6-18)31-12-10-30(11-13-31)9-7-25-19-16-20-28-21(22-26-8-15-34-22)29-32(20)23(24)27-19/h3-6,8,15-16,25H,2,7,9-14H2,1H3,(H2,24,27). The van der Waals surface area contributed by atoms with Gasteiger partial charge >= 0.3 is 0 Å². The van der Waals surface area contributed by atoms with Gasteiger partial charge in [0.25, 0.3) is 5.89 Å². The molecule has 11 nitrogen and oxygen atoms in total. The summed E-state index contributed by atoms with van der Waals surface area (Å²) in [4.78, 5) is 17.8. The van der Waals surface area contributed by atoms with Gasteiger partial charge in [0, 0.05) is 51.0 Å². The lowest BCUT2D eigenvalue weighted by Gasteiger charge is -2.36. The largest absolute Gasteiger partial charge is 0.494 e. The third-order valence-corrected chi connectivity index (χ3v) is 5.75. The first-order chi connectivity index (χ1) is 16.7. The molecule has 11 heteroatoms. The Labute approximate surface area is 197 Å². The van der Waals surface area contributed by atoms with Crippen LogP contribution >= 0.6 is 0 Å². The van der Waals surface area contributed by atoms with Crippen molar-refractivity contribution in [2.75, 3.05) is 61.8 Å². The van der Waals surface area contributed by atoms with Crippen LogP contribution in [0.4, 0.5) is 17.5 Å². The first kappa shape index (κ1) is 22.0. The fourth-order valence-corrected chi connectivity index (χ4v) is 3.97. The quantitative estimate of drug-likeness (QED) is 0.382. The molecule has 0 atom stereocenters. The van der Waals surface area contributed by atoms with E-state index in [2.05, 4.69) is 66.4 Å². The van der Waals surface area contributed by atoms with E-state index in [0.29, 0.717) is 23.2 Å². The number of fused-ring (bicyclic) bond motifs is 1. The maximum Gasteiger partial charge on any atom is 0.266 e. The van der Waals surface area contributed by atoms with Gasteiger partial charge in [-0.05, 0) is 30.7 Å². The highest BCUT2D eigenvalue weighted by Crippen LogP contribution is 2.21. The van der Waals surface area contributed by atoms with E-state index in [1.165, 1.54) is 16.5 Å². The highest BCUT2D eigenvalue weighted by atomic mass is 16.5. The van der Waals surface area contributed by atoms with Crippen LogP contribution in [0.25, 0.3) is 17.4 Å². The van der Waals surface area contributed by atoms with Crippen LogP contribution in [-0.4, -0.2) is 75.3 Å². The lowest BCUT2D eigenvalue weighted by Crippen LogP contribution is -2.47. The van der Waals surface area contributed by atoms with Crippen molar-refractivity contribution in [3.8, 4) is 17.5 Å². The normalized spacial score (nSPS) is 14.6. The predicted molar refractivity (Wildman–Crippen MR) is 130 cm³/mol. The molecule has 0 spiro atoms. The number of aromatic nitrogens is 5. The molecule has 1 fully saturated rings. The third kappa shape index (κ3) is 4.88. The highest BCUT2D eigenvalue weighted by Gasteiger charge is 2.17. The minimum Gasteiger partial charge on any atom is -0.494 e. The van der Waals surface area contributed by atoms with Crippen LogP contribution in [0.5, 0.6) is 5.75 Å². The van der Waals surface area contributed by atoms with E-state index in [4.69, 9.17) is 14.9 Å². The molecule has 0 bridgehead atoms. The molecule has 1 aromatic carbocycles. The van der Waals surface area contributed by atoms with Gasteiger partial charge in [0.2, 0.25) is 11.8 Å². The molecule has 0 amide bonds. The van der Waals surface area contributed by atoms with Gasteiger partial charge in [-0.25, -0.2) is 9.97 Å². The molecule has 3 N–H and O–H groups in total. The zero-order chi connectivity index (χ0) is 23.3. The van der Waals surface area contributed by atoms with Gasteiger partial charge in [0.05, 0.1) is 12.8 Å². The van der Waals surface area contributed by atoms with Crippen LogP contribution in [0.3, 0.4) is 0 Å². The Hall–Kier alpha value is -3.86. The second-order valence-electron chi connectivity index (χ2n) is 8.14. The molecule has 4 heterocycles. The Kier molecular flexibility index (Phi) is 6.43. The van der Waals surface area contributed by atoms with Gasteiger partial charge in [-0.2, -0.15) is 9.50 Å². The van der Waals surface area contributed by atoms with Crippen molar-refractivity contribution in [2.45, 2.75) is 13.3 Å². The maximum absolute atomic E-state index is 6.08. The van der Waals surface area contributed by atoms with Gasteiger partial charge < -0.3 is 25.1 Å². The molecule has 4 aromatic rings. The summed E-state index contributed by atoms with van der Waals surface area (Å²) in [5.41, 5.74) is 7.91. The summed E-state index contributed by atoms with van der Waals surface area (Å²) in [6, 6.07) is 10.2. The fourth-order valence-electron chi connectivity index (χ4n) is 3.97. The van der Waals surface area contributed by atoms with Crippen molar-refractivity contribution < 1.29 is 9.15 Å². The number of rotatable bonds is 9. The number of oxazole rings is 1. The minimum absolute atomic E-state index is 0.255. The second kappa shape index (κ2) is 9.96. The topological polar surface area (TPSA) is 123 Å². The average Bonchev–Trinajstić information content (AvgIpc) is 3.54. The molecule has 1 aliphatic heterocycles. The van der Waals surface area contributed by atoms with E-state index in [-0.39, 0.29) is 5.95 Å².